The van der Waals surface area contributed by atoms with Crippen LogP contribution in [0, 0.1) is 17.1 Å². The minimum atomic E-state index is -3.41. The van der Waals surface area contributed by atoms with Crippen molar-refractivity contribution in [3.63, 3.8) is 0 Å². The summed E-state index contributed by atoms with van der Waals surface area (Å²) in [4.78, 5) is 0.291. The van der Waals surface area contributed by atoms with E-state index in [4.69, 9.17) is 0 Å². The molecule has 0 atom stereocenters. The highest BCUT2D eigenvalue weighted by Crippen LogP contribution is 2.26. The Morgan fingerprint density at radius 3 is 2.41 bits per heavy atom. The fraction of sp³-hybridized carbons (Fsp3) is 0.429. The van der Waals surface area contributed by atoms with Crippen LogP contribution in [-0.4, -0.2) is 8.42 Å². The molecule has 0 N–H and O–H groups in total. The lowest BCUT2D eigenvalue weighted by Crippen LogP contribution is -1.97. The highest BCUT2D eigenvalue weighted by Gasteiger charge is 2.14. The zero-order valence-corrected chi connectivity index (χ0v) is 10.5. The molecule has 0 amide bonds. The van der Waals surface area contributed by atoms with Crippen LogP contribution in [-0.2, 0) is 9.84 Å². The largest absolute Gasteiger partial charge is 0.245 e. The Bertz CT molecular complexity index is 514. The lowest BCUT2D eigenvalue weighted by atomic mass is 10.1. The van der Waals surface area contributed by atoms with Crippen molar-refractivity contribution in [3.8, 4) is 11.2 Å². The maximum Gasteiger partial charge on any atom is 0.245 e. The Kier molecular flexibility index (Phi) is 3.86. The van der Waals surface area contributed by atoms with Gasteiger partial charge < -0.3 is 0 Å². The van der Waals surface area contributed by atoms with E-state index in [-0.39, 0.29) is 0 Å². The highest BCUT2D eigenvalue weighted by molar-refractivity contribution is 7.96. The lowest BCUT2D eigenvalue weighted by Gasteiger charge is -2.00. The van der Waals surface area contributed by atoms with Gasteiger partial charge in [0.15, 0.2) is 0 Å². The van der Waals surface area contributed by atoms with Crippen LogP contribution in [0.2, 0.25) is 0 Å². The van der Waals surface area contributed by atoms with Gasteiger partial charge in [0, 0.05) is 11.7 Å². The predicted octanol–water partition coefficient (Wildman–Crippen LogP) is 3.00. The van der Waals surface area contributed by atoms with Crippen LogP contribution in [0.5, 0.6) is 0 Å². The van der Waals surface area contributed by atoms with Crippen molar-refractivity contribution in [2.75, 3.05) is 0 Å². The molecule has 0 saturated heterocycles. The summed E-state index contributed by atoms with van der Waals surface area (Å²) in [6, 6.07) is 8.39. The summed E-state index contributed by atoms with van der Waals surface area (Å²) in [6.07, 6.45) is 5.63. The molecule has 0 unspecified atom stereocenters. The van der Waals surface area contributed by atoms with E-state index >= 15 is 0 Å². The molecule has 0 bridgehead atoms. The van der Waals surface area contributed by atoms with Gasteiger partial charge in [0.05, 0.1) is 4.90 Å². The van der Waals surface area contributed by atoms with Crippen LogP contribution >= 0.6 is 0 Å². The molecular weight excluding hydrogens is 232 g/mol. The van der Waals surface area contributed by atoms with Gasteiger partial charge >= 0.3 is 0 Å². The normalized spacial score (nSPS) is 16.5. The van der Waals surface area contributed by atoms with E-state index in [9.17, 15) is 8.42 Å². The van der Waals surface area contributed by atoms with E-state index in [1.807, 2.05) is 0 Å². The molecule has 1 aliphatic carbocycles. The molecule has 17 heavy (non-hydrogen) atoms. The van der Waals surface area contributed by atoms with E-state index in [0.717, 1.165) is 0 Å². The quantitative estimate of drug-likeness (QED) is 0.595. The Morgan fingerprint density at radius 1 is 1.12 bits per heavy atom. The Morgan fingerprint density at radius 2 is 1.76 bits per heavy atom. The SMILES string of the molecule is O=S(=O)(C#CCC1CCCC1)c1ccccc1. The molecule has 1 aromatic carbocycles. The summed E-state index contributed by atoms with van der Waals surface area (Å²) in [5.74, 6) is 3.43. The van der Waals surface area contributed by atoms with Crippen LogP contribution in [0.25, 0.3) is 0 Å². The lowest BCUT2D eigenvalue weighted by molar-refractivity contribution is 0.566. The molecule has 3 heteroatoms. The number of hydrogen-bond acceptors (Lipinski definition) is 2. The first-order valence-corrected chi connectivity index (χ1v) is 7.46. The summed E-state index contributed by atoms with van der Waals surface area (Å²) in [5, 5.41) is 2.42. The molecule has 0 radical (unpaired) electrons. The monoisotopic (exact) mass is 248 g/mol. The number of rotatable bonds is 2. The molecular formula is C14H16O2S. The second-order valence-corrected chi connectivity index (χ2v) is 6.13. The third-order valence-corrected chi connectivity index (χ3v) is 4.43. The summed E-state index contributed by atoms with van der Waals surface area (Å²) in [5.41, 5.74) is 0. The molecule has 90 valence electrons. The second kappa shape index (κ2) is 5.37. The van der Waals surface area contributed by atoms with E-state index in [1.165, 1.54) is 25.7 Å². The van der Waals surface area contributed by atoms with Gasteiger partial charge in [0.1, 0.15) is 0 Å². The van der Waals surface area contributed by atoms with Gasteiger partial charge in [0.25, 0.3) is 0 Å². The Hall–Kier alpha value is -1.27. The molecule has 1 aromatic rings. The van der Waals surface area contributed by atoms with Crippen LogP contribution in [0.3, 0.4) is 0 Å². The standard InChI is InChI=1S/C14H16O2S/c15-17(16,14-10-2-1-3-11-14)12-6-9-13-7-4-5-8-13/h1-3,10-11,13H,4-5,7-9H2. The predicted molar refractivity (Wildman–Crippen MR) is 68.0 cm³/mol. The van der Waals surface area contributed by atoms with Gasteiger partial charge in [-0.15, -0.1) is 0 Å². The van der Waals surface area contributed by atoms with Gasteiger partial charge in [-0.1, -0.05) is 37.0 Å². The van der Waals surface area contributed by atoms with E-state index in [0.29, 0.717) is 17.2 Å². The van der Waals surface area contributed by atoms with Crippen molar-refractivity contribution in [1.82, 2.24) is 0 Å². The zero-order valence-electron chi connectivity index (χ0n) is 9.72. The molecule has 0 aromatic heterocycles. The molecule has 0 aliphatic heterocycles. The first-order valence-electron chi connectivity index (χ1n) is 5.98. The first kappa shape index (κ1) is 12.2. The van der Waals surface area contributed by atoms with Gasteiger partial charge in [-0.2, -0.15) is 0 Å². The van der Waals surface area contributed by atoms with Crippen molar-refractivity contribution in [1.29, 1.82) is 0 Å². The van der Waals surface area contributed by atoms with Gasteiger partial charge in [-0.05, 0) is 30.9 Å². The number of hydrogen-bond donors (Lipinski definition) is 0. The number of sulfone groups is 1. The van der Waals surface area contributed by atoms with Crippen LogP contribution < -0.4 is 0 Å². The van der Waals surface area contributed by atoms with Gasteiger partial charge in [-0.25, -0.2) is 8.42 Å². The zero-order chi connectivity index (χ0) is 12.1. The fourth-order valence-electron chi connectivity index (χ4n) is 2.15. The van der Waals surface area contributed by atoms with E-state index in [2.05, 4.69) is 11.2 Å². The third-order valence-electron chi connectivity index (χ3n) is 3.13. The molecule has 1 fully saturated rings. The van der Waals surface area contributed by atoms with Crippen molar-refractivity contribution in [2.24, 2.45) is 5.92 Å². The van der Waals surface area contributed by atoms with Crippen LogP contribution in [0.15, 0.2) is 35.2 Å². The highest BCUT2D eigenvalue weighted by atomic mass is 32.2. The minimum absolute atomic E-state index is 0.291. The average Bonchev–Trinajstić information content (AvgIpc) is 2.83. The smallest absolute Gasteiger partial charge is 0.210 e. The number of benzene rings is 1. The minimum Gasteiger partial charge on any atom is -0.210 e. The average molecular weight is 248 g/mol. The van der Waals surface area contributed by atoms with Crippen LogP contribution in [0.4, 0.5) is 0 Å². The molecule has 2 rings (SSSR count). The third kappa shape index (κ3) is 3.34. The topological polar surface area (TPSA) is 34.1 Å². The summed E-state index contributed by atoms with van der Waals surface area (Å²) in [7, 11) is -3.41. The maximum atomic E-state index is 11.8. The maximum absolute atomic E-state index is 11.8. The van der Waals surface area contributed by atoms with Gasteiger partial charge in [0.2, 0.25) is 9.84 Å². The molecule has 0 heterocycles. The molecule has 2 nitrogen and oxygen atoms in total. The summed E-state index contributed by atoms with van der Waals surface area (Å²) >= 11 is 0. The Balaban J connectivity index is 2.05. The molecule has 1 aliphatic rings. The van der Waals surface area contributed by atoms with Crippen molar-refractivity contribution >= 4 is 9.84 Å². The fourth-order valence-corrected chi connectivity index (χ4v) is 3.06. The van der Waals surface area contributed by atoms with Crippen LogP contribution in [0.1, 0.15) is 32.1 Å². The summed E-state index contributed by atoms with van der Waals surface area (Å²) in [6.45, 7) is 0. The van der Waals surface area contributed by atoms with Gasteiger partial charge in [-0.3, -0.25) is 0 Å². The molecule has 1 saturated carbocycles. The summed E-state index contributed by atoms with van der Waals surface area (Å²) < 4.78 is 23.7. The second-order valence-electron chi connectivity index (χ2n) is 4.45. The van der Waals surface area contributed by atoms with E-state index < -0.39 is 9.84 Å². The van der Waals surface area contributed by atoms with Crippen molar-refractivity contribution < 1.29 is 8.42 Å². The van der Waals surface area contributed by atoms with E-state index in [1.54, 1.807) is 30.3 Å². The molecule has 0 spiro atoms. The van der Waals surface area contributed by atoms with Crippen molar-refractivity contribution in [3.05, 3.63) is 30.3 Å². The first-order chi connectivity index (χ1) is 8.18. The van der Waals surface area contributed by atoms with Crippen molar-refractivity contribution in [2.45, 2.75) is 37.0 Å². The Labute approximate surface area is 103 Å².